The highest BCUT2D eigenvalue weighted by Gasteiger charge is 2.21. The Labute approximate surface area is 155 Å². The highest BCUT2D eigenvalue weighted by Crippen LogP contribution is 2.32. The molecule has 0 saturated heterocycles. The Kier molecular flexibility index (Phi) is 5.62. The number of nitrogens with zero attached hydrogens (tertiary/aromatic N) is 2. The molecule has 1 N–H and O–H groups in total. The van der Waals surface area contributed by atoms with E-state index >= 15 is 0 Å². The minimum atomic E-state index is -0.407. The highest BCUT2D eigenvalue weighted by molar-refractivity contribution is 7.17. The molecule has 0 amide bonds. The van der Waals surface area contributed by atoms with Crippen molar-refractivity contribution in [2.24, 2.45) is 0 Å². The molecule has 5 nitrogen and oxygen atoms in total. The molecule has 3 aromatic rings. The van der Waals surface area contributed by atoms with E-state index in [2.05, 4.69) is 16.4 Å². The molecule has 0 atom stereocenters. The van der Waals surface area contributed by atoms with Gasteiger partial charge in [0.2, 0.25) is 0 Å². The third kappa shape index (κ3) is 4.08. The molecule has 26 heavy (non-hydrogen) atoms. The third-order valence-corrected chi connectivity index (χ3v) is 4.63. The second kappa shape index (κ2) is 8.28. The molecule has 0 bridgehead atoms. The van der Waals surface area contributed by atoms with Crippen molar-refractivity contribution in [2.45, 2.75) is 13.5 Å². The van der Waals surface area contributed by atoms with E-state index in [4.69, 9.17) is 10.00 Å². The normalized spacial score (nSPS) is 10.2. The molecule has 3 rings (SSSR count). The smallest absolute Gasteiger partial charge is 0.350 e. The number of rotatable bonds is 6. The number of aromatic nitrogens is 1. The molecular formula is C20H17N3O2S. The number of esters is 1. The quantitative estimate of drug-likeness (QED) is 0.654. The van der Waals surface area contributed by atoms with Crippen LogP contribution in [0.3, 0.4) is 0 Å². The van der Waals surface area contributed by atoms with Gasteiger partial charge in [0.1, 0.15) is 4.88 Å². The van der Waals surface area contributed by atoms with E-state index in [1.807, 2.05) is 36.4 Å². The zero-order valence-electron chi connectivity index (χ0n) is 14.2. The van der Waals surface area contributed by atoms with Gasteiger partial charge >= 0.3 is 5.97 Å². The van der Waals surface area contributed by atoms with E-state index in [0.717, 1.165) is 11.1 Å². The Balaban J connectivity index is 1.92. The van der Waals surface area contributed by atoms with Gasteiger partial charge in [-0.25, -0.2) is 9.78 Å². The number of carbonyl (C=O) groups excluding carboxylic acids is 1. The predicted molar refractivity (Wildman–Crippen MR) is 102 cm³/mol. The van der Waals surface area contributed by atoms with Crippen molar-refractivity contribution in [1.29, 1.82) is 5.26 Å². The Hall–Kier alpha value is -3.17. The summed E-state index contributed by atoms with van der Waals surface area (Å²) < 4.78 is 5.16. The molecule has 0 fully saturated rings. The van der Waals surface area contributed by atoms with Crippen LogP contribution in [0.15, 0.2) is 54.6 Å². The SMILES string of the molecule is CCOC(=O)c1sc(NCc2ccccc2)nc1-c1cccc(C#N)c1. The minimum Gasteiger partial charge on any atom is -0.462 e. The van der Waals surface area contributed by atoms with E-state index in [9.17, 15) is 4.79 Å². The molecule has 0 spiro atoms. The first-order valence-electron chi connectivity index (χ1n) is 8.17. The molecule has 2 aromatic carbocycles. The van der Waals surface area contributed by atoms with Crippen LogP contribution in [0.25, 0.3) is 11.3 Å². The summed E-state index contributed by atoms with van der Waals surface area (Å²) in [6, 6.07) is 19.1. The molecule has 1 aromatic heterocycles. The van der Waals surface area contributed by atoms with Crippen LogP contribution in [-0.2, 0) is 11.3 Å². The number of thiazole rings is 1. The summed E-state index contributed by atoms with van der Waals surface area (Å²) in [7, 11) is 0. The van der Waals surface area contributed by atoms with Crippen molar-refractivity contribution in [1.82, 2.24) is 4.98 Å². The average Bonchev–Trinajstić information content (AvgIpc) is 3.12. The van der Waals surface area contributed by atoms with Gasteiger partial charge in [0.25, 0.3) is 0 Å². The van der Waals surface area contributed by atoms with Crippen LogP contribution in [0.4, 0.5) is 5.13 Å². The van der Waals surface area contributed by atoms with Crippen molar-refractivity contribution < 1.29 is 9.53 Å². The number of hydrogen-bond donors (Lipinski definition) is 1. The molecule has 0 unspecified atom stereocenters. The number of ether oxygens (including phenoxy) is 1. The largest absolute Gasteiger partial charge is 0.462 e. The van der Waals surface area contributed by atoms with E-state index in [1.165, 1.54) is 11.3 Å². The summed E-state index contributed by atoms with van der Waals surface area (Å²) in [6.45, 7) is 2.67. The Bertz CT molecular complexity index is 945. The zero-order chi connectivity index (χ0) is 18.4. The summed E-state index contributed by atoms with van der Waals surface area (Å²) in [5.41, 5.74) is 2.88. The summed E-state index contributed by atoms with van der Waals surface area (Å²) in [4.78, 5) is 17.3. The second-order valence-corrected chi connectivity index (χ2v) is 6.45. The molecule has 130 valence electrons. The van der Waals surface area contributed by atoms with Crippen molar-refractivity contribution in [3.8, 4) is 17.3 Å². The van der Waals surface area contributed by atoms with E-state index in [1.54, 1.807) is 25.1 Å². The van der Waals surface area contributed by atoms with E-state index in [0.29, 0.717) is 34.4 Å². The fourth-order valence-electron chi connectivity index (χ4n) is 2.44. The topological polar surface area (TPSA) is 75.0 Å². The van der Waals surface area contributed by atoms with Gasteiger partial charge in [0.15, 0.2) is 5.13 Å². The number of carbonyl (C=O) groups is 1. The molecule has 0 aliphatic heterocycles. The van der Waals surface area contributed by atoms with E-state index < -0.39 is 5.97 Å². The lowest BCUT2D eigenvalue weighted by Crippen LogP contribution is -2.04. The average molecular weight is 363 g/mol. The highest BCUT2D eigenvalue weighted by atomic mass is 32.1. The van der Waals surface area contributed by atoms with Crippen molar-refractivity contribution >= 4 is 22.4 Å². The van der Waals surface area contributed by atoms with Crippen LogP contribution in [0, 0.1) is 11.3 Å². The van der Waals surface area contributed by atoms with Crippen LogP contribution in [-0.4, -0.2) is 17.6 Å². The van der Waals surface area contributed by atoms with Gasteiger partial charge in [-0.3, -0.25) is 0 Å². The molecule has 6 heteroatoms. The lowest BCUT2D eigenvalue weighted by molar-refractivity contribution is 0.0532. The number of nitriles is 1. The number of nitrogens with one attached hydrogen (secondary N) is 1. The zero-order valence-corrected chi connectivity index (χ0v) is 15.0. The molecule has 0 aliphatic rings. The monoisotopic (exact) mass is 363 g/mol. The first-order chi connectivity index (χ1) is 12.7. The summed E-state index contributed by atoms with van der Waals surface area (Å²) >= 11 is 1.26. The number of benzene rings is 2. The standard InChI is InChI=1S/C20H17N3O2S/c1-2-25-19(24)18-17(16-10-6-9-15(11-16)12-21)23-20(26-18)22-13-14-7-4-3-5-8-14/h3-11H,2,13H2,1H3,(H,22,23). The van der Waals surface area contributed by atoms with Crippen LogP contribution in [0.2, 0.25) is 0 Å². The fourth-order valence-corrected chi connectivity index (χ4v) is 3.31. The maximum atomic E-state index is 12.3. The van der Waals surface area contributed by atoms with Crippen LogP contribution >= 0.6 is 11.3 Å². The Morgan fingerprint density at radius 3 is 2.77 bits per heavy atom. The minimum absolute atomic E-state index is 0.293. The maximum Gasteiger partial charge on any atom is 0.350 e. The van der Waals surface area contributed by atoms with Crippen LogP contribution < -0.4 is 5.32 Å². The van der Waals surface area contributed by atoms with E-state index in [-0.39, 0.29) is 0 Å². The van der Waals surface area contributed by atoms with Crippen molar-refractivity contribution in [3.05, 3.63) is 70.6 Å². The van der Waals surface area contributed by atoms with Crippen molar-refractivity contribution in [2.75, 3.05) is 11.9 Å². The van der Waals surface area contributed by atoms with Gasteiger partial charge in [-0.1, -0.05) is 53.8 Å². The van der Waals surface area contributed by atoms with Gasteiger partial charge in [-0.05, 0) is 24.6 Å². The molecule has 0 aliphatic carbocycles. The first kappa shape index (κ1) is 17.6. The number of hydrogen-bond acceptors (Lipinski definition) is 6. The molecular weight excluding hydrogens is 346 g/mol. The summed E-state index contributed by atoms with van der Waals surface area (Å²) in [5.74, 6) is -0.407. The van der Waals surface area contributed by atoms with Gasteiger partial charge in [0, 0.05) is 12.1 Å². The van der Waals surface area contributed by atoms with Gasteiger partial charge < -0.3 is 10.1 Å². The molecule has 0 saturated carbocycles. The fraction of sp³-hybridized carbons (Fsp3) is 0.150. The Morgan fingerprint density at radius 1 is 1.23 bits per heavy atom. The summed E-state index contributed by atoms with van der Waals surface area (Å²) in [6.07, 6.45) is 0. The Morgan fingerprint density at radius 2 is 2.04 bits per heavy atom. The van der Waals surface area contributed by atoms with Crippen LogP contribution in [0.1, 0.15) is 27.7 Å². The third-order valence-electron chi connectivity index (χ3n) is 3.64. The first-order valence-corrected chi connectivity index (χ1v) is 8.99. The summed E-state index contributed by atoms with van der Waals surface area (Å²) in [5, 5.41) is 13.0. The lowest BCUT2D eigenvalue weighted by atomic mass is 10.1. The van der Waals surface area contributed by atoms with Gasteiger partial charge in [-0.15, -0.1) is 0 Å². The van der Waals surface area contributed by atoms with Crippen molar-refractivity contribution in [3.63, 3.8) is 0 Å². The second-order valence-electron chi connectivity index (χ2n) is 5.45. The number of anilines is 1. The molecule has 0 radical (unpaired) electrons. The maximum absolute atomic E-state index is 12.3. The lowest BCUT2D eigenvalue weighted by Gasteiger charge is -2.02. The van der Waals surface area contributed by atoms with Crippen LogP contribution in [0.5, 0.6) is 0 Å². The van der Waals surface area contributed by atoms with Gasteiger partial charge in [0.05, 0.1) is 23.9 Å². The molecule has 1 heterocycles. The van der Waals surface area contributed by atoms with Gasteiger partial charge in [-0.2, -0.15) is 5.26 Å². The predicted octanol–water partition coefficient (Wildman–Crippen LogP) is 4.47.